The molecule has 2 saturated heterocycles. The Hall–Kier alpha value is -4.17. The lowest BCUT2D eigenvalue weighted by Crippen LogP contribution is -2.39. The van der Waals surface area contributed by atoms with E-state index in [2.05, 4.69) is 20.5 Å². The van der Waals surface area contributed by atoms with Crippen molar-refractivity contribution >= 4 is 28.6 Å². The molecule has 0 spiro atoms. The highest BCUT2D eigenvalue weighted by Crippen LogP contribution is 2.26. The second-order valence-electron chi connectivity index (χ2n) is 10.5. The third kappa shape index (κ3) is 6.34. The zero-order valence-electron chi connectivity index (χ0n) is 22.9. The van der Waals surface area contributed by atoms with E-state index in [1.807, 2.05) is 12.1 Å². The number of rotatable bonds is 10. The highest BCUT2D eigenvalue weighted by molar-refractivity contribution is 6.30. The summed E-state index contributed by atoms with van der Waals surface area (Å²) >= 11 is 5.97. The van der Waals surface area contributed by atoms with Crippen molar-refractivity contribution in [2.75, 3.05) is 19.7 Å². The Bertz CT molecular complexity index is 1640. The molecule has 42 heavy (non-hydrogen) atoms. The monoisotopic (exact) mass is 587 g/mol. The van der Waals surface area contributed by atoms with Crippen molar-refractivity contribution in [3.05, 3.63) is 82.4 Å². The molecule has 2 aliphatic heterocycles. The predicted octanol–water partition coefficient (Wildman–Crippen LogP) is 5.07. The number of carboxylic acid groups (broad SMARTS) is 1. The Morgan fingerprint density at radius 3 is 2.71 bits per heavy atom. The number of hydrogen-bond donors (Lipinski definition) is 1. The van der Waals surface area contributed by atoms with Crippen LogP contribution in [0.5, 0.6) is 11.5 Å². The summed E-state index contributed by atoms with van der Waals surface area (Å²) in [6, 6.07) is 15.8. The molecule has 0 aliphatic carbocycles. The van der Waals surface area contributed by atoms with E-state index in [9.17, 15) is 15.2 Å². The number of piperidine rings is 1. The van der Waals surface area contributed by atoms with Gasteiger partial charge in [-0.1, -0.05) is 11.6 Å². The number of halogens is 1. The maximum absolute atomic E-state index is 11.6. The van der Waals surface area contributed by atoms with Gasteiger partial charge in [0, 0.05) is 37.0 Å². The number of fused-ring (bicyclic) bond motifs is 1. The zero-order valence-corrected chi connectivity index (χ0v) is 23.7. The third-order valence-corrected chi connectivity index (χ3v) is 7.92. The molecule has 216 valence electrons. The van der Waals surface area contributed by atoms with Crippen LogP contribution in [-0.2, 0) is 24.4 Å². The second kappa shape index (κ2) is 12.4. The average molecular weight is 588 g/mol. The number of nitriles is 1. The molecule has 2 aliphatic rings. The van der Waals surface area contributed by atoms with E-state index in [-0.39, 0.29) is 24.4 Å². The Morgan fingerprint density at radius 1 is 1.14 bits per heavy atom. The first kappa shape index (κ1) is 28.0. The Morgan fingerprint density at radius 2 is 1.98 bits per heavy atom. The topological polar surface area (TPSA) is 123 Å². The lowest BCUT2D eigenvalue weighted by molar-refractivity contribution is -0.0592. The van der Waals surface area contributed by atoms with Crippen molar-refractivity contribution in [1.82, 2.24) is 19.4 Å². The van der Waals surface area contributed by atoms with Crippen molar-refractivity contribution in [2.24, 2.45) is 0 Å². The molecule has 0 unspecified atom stereocenters. The molecule has 0 amide bonds. The van der Waals surface area contributed by atoms with Crippen LogP contribution in [-0.4, -0.2) is 62.4 Å². The van der Waals surface area contributed by atoms with Gasteiger partial charge >= 0.3 is 5.97 Å². The van der Waals surface area contributed by atoms with Crippen LogP contribution < -0.4 is 9.47 Å². The number of ether oxygens (including phenoxy) is 3. The summed E-state index contributed by atoms with van der Waals surface area (Å²) in [5.41, 5.74) is 2.95. The quantitative estimate of drug-likeness (QED) is 0.271. The molecule has 0 bridgehead atoms. The van der Waals surface area contributed by atoms with Gasteiger partial charge in [-0.2, -0.15) is 5.26 Å². The highest BCUT2D eigenvalue weighted by Gasteiger charge is 2.26. The van der Waals surface area contributed by atoms with E-state index in [0.29, 0.717) is 35.1 Å². The number of carbonyl (C=O) groups is 1. The number of aromatic carboxylic acids is 1. The Balaban J connectivity index is 1.06. The number of benzene rings is 2. The van der Waals surface area contributed by atoms with Gasteiger partial charge in [-0.15, -0.1) is 0 Å². The SMILES string of the molecule is N#Cc1cc(Cl)ccc1OCc1cc(OC2CCN(Cc3nc4ccc(C(=O)O)cc4n3C[C@@H]3CCO3)CC2)ccn1. The van der Waals surface area contributed by atoms with Crippen LogP contribution in [0.1, 0.15) is 46.7 Å². The van der Waals surface area contributed by atoms with Crippen molar-refractivity contribution in [3.63, 3.8) is 0 Å². The van der Waals surface area contributed by atoms with Gasteiger partial charge in [0.1, 0.15) is 36.1 Å². The number of aromatic nitrogens is 3. The molecule has 0 radical (unpaired) electrons. The first-order valence-corrected chi connectivity index (χ1v) is 14.3. The molecule has 2 fully saturated rings. The first-order valence-electron chi connectivity index (χ1n) is 14.0. The third-order valence-electron chi connectivity index (χ3n) is 7.68. The van der Waals surface area contributed by atoms with E-state index in [1.54, 1.807) is 42.6 Å². The normalized spacial score (nSPS) is 17.5. The minimum absolute atomic E-state index is 0.0687. The first-order chi connectivity index (χ1) is 20.4. The van der Waals surface area contributed by atoms with Crippen molar-refractivity contribution in [1.29, 1.82) is 5.26 Å². The largest absolute Gasteiger partial charge is 0.490 e. The summed E-state index contributed by atoms with van der Waals surface area (Å²) in [5.74, 6) is 1.16. The van der Waals surface area contributed by atoms with Gasteiger partial charge in [-0.05, 0) is 61.7 Å². The molecule has 2 aromatic heterocycles. The van der Waals surface area contributed by atoms with Gasteiger partial charge in [0.05, 0.1) is 47.0 Å². The maximum atomic E-state index is 11.6. The summed E-state index contributed by atoms with van der Waals surface area (Å²) in [6.45, 7) is 4.00. The number of likely N-dealkylation sites (tertiary alicyclic amines) is 1. The fraction of sp³-hybridized carbons (Fsp3) is 0.355. The molecule has 11 heteroatoms. The number of nitrogens with zero attached hydrogens (tertiary/aromatic N) is 5. The molecule has 4 aromatic rings. The molecule has 10 nitrogen and oxygen atoms in total. The van der Waals surface area contributed by atoms with Crippen LogP contribution in [0.3, 0.4) is 0 Å². The van der Waals surface area contributed by atoms with E-state index < -0.39 is 5.97 Å². The van der Waals surface area contributed by atoms with Gasteiger partial charge < -0.3 is 23.9 Å². The van der Waals surface area contributed by atoms with Crippen molar-refractivity contribution < 1.29 is 24.1 Å². The van der Waals surface area contributed by atoms with Gasteiger partial charge in [-0.25, -0.2) is 9.78 Å². The van der Waals surface area contributed by atoms with Crippen molar-refractivity contribution in [3.8, 4) is 17.6 Å². The molecular formula is C31H30ClN5O5. The fourth-order valence-electron chi connectivity index (χ4n) is 5.32. The molecule has 1 atom stereocenters. The minimum atomic E-state index is -0.947. The molecular weight excluding hydrogens is 558 g/mol. The van der Waals surface area contributed by atoms with Gasteiger partial charge in [-0.3, -0.25) is 9.88 Å². The molecule has 2 aromatic carbocycles. The second-order valence-corrected chi connectivity index (χ2v) is 11.0. The summed E-state index contributed by atoms with van der Waals surface area (Å²) < 4.78 is 19.9. The van der Waals surface area contributed by atoms with E-state index in [0.717, 1.165) is 61.6 Å². The van der Waals surface area contributed by atoms with E-state index in [1.165, 1.54) is 0 Å². The molecule has 4 heterocycles. The van der Waals surface area contributed by atoms with Crippen LogP contribution in [0.15, 0.2) is 54.7 Å². The van der Waals surface area contributed by atoms with Crippen LogP contribution in [0.25, 0.3) is 11.0 Å². The number of carboxylic acids is 1. The fourth-order valence-corrected chi connectivity index (χ4v) is 5.49. The van der Waals surface area contributed by atoms with Gasteiger partial charge in [0.15, 0.2) is 0 Å². The molecule has 1 N–H and O–H groups in total. The average Bonchev–Trinajstić information content (AvgIpc) is 3.31. The Kier molecular flexibility index (Phi) is 8.24. The smallest absolute Gasteiger partial charge is 0.335 e. The van der Waals surface area contributed by atoms with Crippen LogP contribution in [0.4, 0.5) is 0 Å². The van der Waals surface area contributed by atoms with Gasteiger partial charge in [0.2, 0.25) is 0 Å². The van der Waals surface area contributed by atoms with Crippen LogP contribution >= 0.6 is 11.6 Å². The van der Waals surface area contributed by atoms with Crippen LogP contribution in [0, 0.1) is 11.3 Å². The van der Waals surface area contributed by atoms with E-state index in [4.69, 9.17) is 30.8 Å². The molecule has 0 saturated carbocycles. The van der Waals surface area contributed by atoms with Gasteiger partial charge in [0.25, 0.3) is 0 Å². The predicted molar refractivity (Wildman–Crippen MR) is 155 cm³/mol. The van der Waals surface area contributed by atoms with Crippen molar-refractivity contribution in [2.45, 2.75) is 51.2 Å². The number of hydrogen-bond acceptors (Lipinski definition) is 8. The number of pyridine rings is 1. The zero-order chi connectivity index (χ0) is 29.1. The lowest BCUT2D eigenvalue weighted by atomic mass is 10.1. The van der Waals surface area contributed by atoms with E-state index >= 15 is 0 Å². The summed E-state index contributed by atoms with van der Waals surface area (Å²) in [6.07, 6.45) is 4.61. The standard InChI is InChI=1S/C31H30ClN5O5/c32-22-2-4-29(21(13-22)16-33)41-19-23-15-25(5-9-34-23)42-24-6-10-36(11-7-24)18-30-35-27-3-1-20(31(38)39)14-28(27)37(30)17-26-8-12-40-26/h1-5,9,13-15,24,26H,6-8,10-12,17-19H2,(H,38,39)/t26-/m0/s1. The Labute approximate surface area is 248 Å². The summed E-state index contributed by atoms with van der Waals surface area (Å²) in [5, 5.41) is 19.3. The minimum Gasteiger partial charge on any atom is -0.490 e. The molecule has 6 rings (SSSR count). The highest BCUT2D eigenvalue weighted by atomic mass is 35.5. The summed E-state index contributed by atoms with van der Waals surface area (Å²) in [4.78, 5) is 23.2. The maximum Gasteiger partial charge on any atom is 0.335 e. The lowest BCUT2D eigenvalue weighted by Gasteiger charge is -2.32. The number of imidazole rings is 1. The van der Waals surface area contributed by atoms with Crippen LogP contribution in [0.2, 0.25) is 5.02 Å². The summed E-state index contributed by atoms with van der Waals surface area (Å²) in [7, 11) is 0.